The maximum Gasteiger partial charge on any atom is 0.422 e. The van der Waals surface area contributed by atoms with Gasteiger partial charge in [0.05, 0.1) is 5.52 Å². The molecule has 6 rings (SSSR count). The third-order valence-electron chi connectivity index (χ3n) is 10.5. The van der Waals surface area contributed by atoms with E-state index in [1.54, 1.807) is 12.1 Å². The van der Waals surface area contributed by atoms with Gasteiger partial charge in [-0.25, -0.2) is 4.79 Å². The van der Waals surface area contributed by atoms with Gasteiger partial charge in [-0.15, -0.1) is 0 Å². The first kappa shape index (κ1) is 43.7. The van der Waals surface area contributed by atoms with E-state index >= 15 is 0 Å². The molecule has 60 heavy (non-hydrogen) atoms. The van der Waals surface area contributed by atoms with Crippen LogP contribution in [0.25, 0.3) is 32.6 Å². The van der Waals surface area contributed by atoms with Gasteiger partial charge in [0.1, 0.15) is 17.2 Å². The number of carbonyl (C=O) groups is 2. The van der Waals surface area contributed by atoms with Crippen molar-refractivity contribution in [3.8, 4) is 11.5 Å². The Morgan fingerprint density at radius 1 is 0.750 bits per heavy atom. The van der Waals surface area contributed by atoms with Gasteiger partial charge in [0.2, 0.25) is 0 Å². The Labute approximate surface area is 343 Å². The largest absolute Gasteiger partial charge is 0.484 e. The first-order valence-electron chi connectivity index (χ1n) is 19.8. The molecule has 13 heteroatoms. The lowest BCUT2D eigenvalue weighted by molar-refractivity contribution is -0.154. The normalized spacial score (nSPS) is 13.0. The van der Waals surface area contributed by atoms with Crippen molar-refractivity contribution < 1.29 is 50.2 Å². The zero-order valence-electron chi connectivity index (χ0n) is 34.2. The quantitative estimate of drug-likeness (QED) is 0.0338. The average molecular weight is 833 g/mol. The van der Waals surface area contributed by atoms with E-state index in [9.17, 15) is 35.9 Å². The molecule has 0 spiro atoms. The smallest absolute Gasteiger partial charge is 0.422 e. The molecule has 5 aromatic carbocycles. The summed E-state index contributed by atoms with van der Waals surface area (Å²) in [4.78, 5) is 31.9. The monoisotopic (exact) mass is 832 g/mol. The van der Waals surface area contributed by atoms with Crippen molar-refractivity contribution in [2.45, 2.75) is 86.1 Å². The van der Waals surface area contributed by atoms with Crippen molar-refractivity contribution in [3.63, 3.8) is 0 Å². The van der Waals surface area contributed by atoms with E-state index in [4.69, 9.17) is 14.3 Å². The molecule has 0 aliphatic carbocycles. The molecule has 0 aliphatic heterocycles. The molecule has 0 saturated heterocycles. The number of ether oxygens (including phenoxy) is 2. The number of alkyl halides is 6. The van der Waals surface area contributed by atoms with E-state index in [0.29, 0.717) is 29.0 Å². The maximum atomic E-state index is 14.7. The zero-order valence-corrected chi connectivity index (χ0v) is 34.2. The molecule has 1 aromatic heterocycles. The molecule has 0 N–H and O–H groups in total. The number of unbranched alkanes of at least 4 members (excludes halogenated alkanes) is 1. The van der Waals surface area contributed by atoms with Crippen LogP contribution in [0.2, 0.25) is 0 Å². The number of halogens is 6. The summed E-state index contributed by atoms with van der Waals surface area (Å²) in [6.45, 7) is 8.39. The molecule has 316 valence electrons. The lowest BCUT2D eigenvalue weighted by Gasteiger charge is -2.19. The van der Waals surface area contributed by atoms with Gasteiger partial charge in [-0.3, -0.25) is 4.79 Å². The van der Waals surface area contributed by atoms with Gasteiger partial charge >= 0.3 is 18.3 Å². The summed E-state index contributed by atoms with van der Waals surface area (Å²) in [6.07, 6.45) is -5.54. The van der Waals surface area contributed by atoms with Crippen LogP contribution in [0.3, 0.4) is 0 Å². The van der Waals surface area contributed by atoms with Crippen LogP contribution in [-0.4, -0.2) is 47.6 Å². The second-order valence-electron chi connectivity index (χ2n) is 15.2. The highest BCUT2D eigenvalue weighted by Gasteiger charge is 2.31. The SMILES string of the molecule is CCCCC(CC)Cn1c2ccc(/C(=N\OC(C)=O)c3ccc(OCC(F)(F)F)cc3OCC(F)(F)F)cc2c2cc(C(=O)c3c(C)cc(C)cc3C)c3ccccc3c21. The Morgan fingerprint density at radius 3 is 2.05 bits per heavy atom. The van der Waals surface area contributed by atoms with Crippen molar-refractivity contribution in [1.29, 1.82) is 0 Å². The molecule has 7 nitrogen and oxygen atoms in total. The second-order valence-corrected chi connectivity index (χ2v) is 15.2. The summed E-state index contributed by atoms with van der Waals surface area (Å²) in [5.41, 5.74) is 5.56. The van der Waals surface area contributed by atoms with Gasteiger partial charge in [0.25, 0.3) is 0 Å². The molecule has 0 saturated carbocycles. The fourth-order valence-corrected chi connectivity index (χ4v) is 7.94. The third kappa shape index (κ3) is 9.77. The Kier molecular flexibility index (Phi) is 13.0. The van der Waals surface area contributed by atoms with Crippen LogP contribution in [0.5, 0.6) is 11.5 Å². The van der Waals surface area contributed by atoms with Gasteiger partial charge in [-0.2, -0.15) is 26.3 Å². The number of hydrogen-bond acceptors (Lipinski definition) is 6. The van der Waals surface area contributed by atoms with Crippen molar-refractivity contribution in [3.05, 3.63) is 118 Å². The van der Waals surface area contributed by atoms with E-state index in [0.717, 1.165) is 88.6 Å². The molecule has 0 fully saturated rings. The minimum absolute atomic E-state index is 0.111. The summed E-state index contributed by atoms with van der Waals surface area (Å²) in [6, 6.07) is 22.1. The molecule has 6 aromatic rings. The number of aromatic nitrogens is 1. The van der Waals surface area contributed by atoms with Crippen LogP contribution >= 0.6 is 0 Å². The minimum atomic E-state index is -4.81. The highest BCUT2D eigenvalue weighted by molar-refractivity contribution is 6.27. The van der Waals surface area contributed by atoms with Gasteiger partial charge in [0.15, 0.2) is 19.0 Å². The number of oxime groups is 1. The molecular formula is C47H46F6N2O5. The number of rotatable bonds is 15. The van der Waals surface area contributed by atoms with E-state index < -0.39 is 43.0 Å². The van der Waals surface area contributed by atoms with Crippen LogP contribution < -0.4 is 9.47 Å². The van der Waals surface area contributed by atoms with Gasteiger partial charge < -0.3 is 18.9 Å². The van der Waals surface area contributed by atoms with Crippen LogP contribution in [0.15, 0.2) is 84.0 Å². The molecule has 0 radical (unpaired) electrons. The molecular weight excluding hydrogens is 787 g/mol. The fraction of sp³-hybridized carbons (Fsp3) is 0.340. The summed E-state index contributed by atoms with van der Waals surface area (Å²) in [5, 5.41) is 7.11. The third-order valence-corrected chi connectivity index (χ3v) is 10.5. The number of aryl methyl sites for hydroxylation is 3. The zero-order chi connectivity index (χ0) is 43.5. The molecule has 0 bridgehead atoms. The molecule has 0 amide bonds. The van der Waals surface area contributed by atoms with Crippen LogP contribution in [0.4, 0.5) is 26.3 Å². The van der Waals surface area contributed by atoms with Gasteiger partial charge in [-0.1, -0.05) is 86.3 Å². The summed E-state index contributed by atoms with van der Waals surface area (Å²) < 4.78 is 91.9. The first-order chi connectivity index (χ1) is 28.4. The van der Waals surface area contributed by atoms with Crippen molar-refractivity contribution >= 4 is 50.0 Å². The Balaban J connectivity index is 1.64. The highest BCUT2D eigenvalue weighted by Crippen LogP contribution is 2.40. The predicted octanol–water partition coefficient (Wildman–Crippen LogP) is 12.5. The average Bonchev–Trinajstić information content (AvgIpc) is 3.49. The second kappa shape index (κ2) is 17.8. The standard InChI is InChI=1S/C47H46F6N2O5/c1-7-9-12-31(8-2)24-55-40-18-15-32(43(54-60-30(6)56)36-17-16-33(58-25-46(48,49)50)22-41(36)59-26-47(51,52)53)21-37(40)38-23-39(34-13-10-11-14-35(34)44(38)55)45(57)42-28(4)19-27(3)20-29(42)5/h10-11,13-23,31H,7-9,12,24-26H2,1-6H3/b54-43+. The Hall–Kier alpha value is -5.85. The number of benzene rings is 5. The van der Waals surface area contributed by atoms with Gasteiger partial charge in [0, 0.05) is 63.5 Å². The summed E-state index contributed by atoms with van der Waals surface area (Å²) in [7, 11) is 0. The van der Waals surface area contributed by atoms with Crippen LogP contribution in [0, 0.1) is 26.7 Å². The Morgan fingerprint density at radius 2 is 1.42 bits per heavy atom. The molecule has 1 unspecified atom stereocenters. The van der Waals surface area contributed by atoms with Crippen molar-refractivity contribution in [2.75, 3.05) is 13.2 Å². The number of fused-ring (bicyclic) bond motifs is 5. The number of carbonyl (C=O) groups excluding carboxylic acids is 2. The van der Waals surface area contributed by atoms with E-state index in [1.165, 1.54) is 6.07 Å². The minimum Gasteiger partial charge on any atom is -0.484 e. The van der Waals surface area contributed by atoms with Crippen LogP contribution in [0.1, 0.15) is 90.2 Å². The summed E-state index contributed by atoms with van der Waals surface area (Å²) >= 11 is 0. The van der Waals surface area contributed by atoms with Gasteiger partial charge in [-0.05, 0) is 80.0 Å². The molecule has 1 atom stereocenters. The lowest BCUT2D eigenvalue weighted by atomic mass is 9.89. The molecule has 0 aliphatic rings. The highest BCUT2D eigenvalue weighted by atomic mass is 19.4. The maximum absolute atomic E-state index is 14.7. The van der Waals surface area contributed by atoms with E-state index in [-0.39, 0.29) is 22.6 Å². The van der Waals surface area contributed by atoms with E-state index in [1.807, 2.05) is 69.3 Å². The Bertz CT molecular complexity index is 2580. The summed E-state index contributed by atoms with van der Waals surface area (Å²) in [5.74, 6) is -1.58. The fourth-order valence-electron chi connectivity index (χ4n) is 7.94. The lowest BCUT2D eigenvalue weighted by Crippen LogP contribution is -2.21. The van der Waals surface area contributed by atoms with E-state index in [2.05, 4.69) is 23.6 Å². The van der Waals surface area contributed by atoms with Crippen molar-refractivity contribution in [1.82, 2.24) is 4.57 Å². The molecule has 1 heterocycles. The number of hydrogen-bond donors (Lipinski definition) is 0. The number of ketones is 1. The van der Waals surface area contributed by atoms with Crippen LogP contribution in [-0.2, 0) is 16.2 Å². The number of nitrogens with zero attached hydrogens (tertiary/aromatic N) is 2. The topological polar surface area (TPSA) is 79.1 Å². The predicted molar refractivity (Wildman–Crippen MR) is 221 cm³/mol. The first-order valence-corrected chi connectivity index (χ1v) is 19.8. The van der Waals surface area contributed by atoms with Crippen molar-refractivity contribution in [2.24, 2.45) is 11.1 Å².